The molecule has 1 aromatic carbocycles. The van der Waals surface area contributed by atoms with Crippen LogP contribution in [0, 0.1) is 11.3 Å². The number of nitriles is 1. The first-order valence-electron chi connectivity index (χ1n) is 8.60. The Morgan fingerprint density at radius 1 is 1.07 bits per heavy atom. The molecule has 0 fully saturated rings. The van der Waals surface area contributed by atoms with Gasteiger partial charge in [0, 0.05) is 18.9 Å². The van der Waals surface area contributed by atoms with Crippen LogP contribution in [-0.4, -0.2) is 20.7 Å². The van der Waals surface area contributed by atoms with Gasteiger partial charge in [0.15, 0.2) is 0 Å². The van der Waals surface area contributed by atoms with Crippen LogP contribution in [0.4, 0.5) is 22.0 Å². The number of aromatic nitrogens is 3. The maximum absolute atomic E-state index is 14.1. The van der Waals surface area contributed by atoms with E-state index in [4.69, 9.17) is 0 Å². The Morgan fingerprint density at radius 3 is 2.33 bits per heavy atom. The van der Waals surface area contributed by atoms with E-state index in [0.29, 0.717) is 6.07 Å². The molecule has 0 aliphatic carbocycles. The van der Waals surface area contributed by atoms with Gasteiger partial charge in [-0.15, -0.1) is 0 Å². The van der Waals surface area contributed by atoms with E-state index in [-0.39, 0.29) is 24.4 Å². The zero-order chi connectivity index (χ0) is 21.9. The van der Waals surface area contributed by atoms with E-state index in [9.17, 15) is 32.0 Å². The number of aryl methyl sites for hydroxylation is 1. The fourth-order valence-electron chi connectivity index (χ4n) is 2.91. The molecule has 0 amide bonds. The van der Waals surface area contributed by atoms with Gasteiger partial charge in [0.2, 0.25) is 0 Å². The summed E-state index contributed by atoms with van der Waals surface area (Å²) in [4.78, 5) is 20.5. The van der Waals surface area contributed by atoms with Gasteiger partial charge in [-0.3, -0.25) is 14.8 Å². The SMILES string of the molecule is N#Cc1c(C(F)(F)C(F)(F)F)cc(-c2cnccn2)n(CCc2ccccc2)c1=O. The molecule has 154 valence electrons. The molecule has 10 heteroatoms. The molecule has 0 radical (unpaired) electrons. The van der Waals surface area contributed by atoms with Crippen LogP contribution in [-0.2, 0) is 18.9 Å². The molecule has 3 aromatic rings. The third-order valence-electron chi connectivity index (χ3n) is 4.40. The van der Waals surface area contributed by atoms with Gasteiger partial charge in [-0.2, -0.15) is 27.2 Å². The Morgan fingerprint density at radius 2 is 1.77 bits per heavy atom. The molecule has 2 heterocycles. The summed E-state index contributed by atoms with van der Waals surface area (Å²) in [5.41, 5.74) is -3.79. The minimum absolute atomic E-state index is 0.0682. The van der Waals surface area contributed by atoms with Crippen LogP contribution in [0.5, 0.6) is 0 Å². The van der Waals surface area contributed by atoms with Crippen LogP contribution in [0.3, 0.4) is 0 Å². The minimum atomic E-state index is -5.99. The van der Waals surface area contributed by atoms with E-state index < -0.39 is 28.8 Å². The van der Waals surface area contributed by atoms with Gasteiger partial charge >= 0.3 is 12.1 Å². The fraction of sp³-hybridized carbons (Fsp3) is 0.200. The molecule has 3 rings (SSSR count). The second kappa shape index (κ2) is 8.02. The van der Waals surface area contributed by atoms with Crippen molar-refractivity contribution >= 4 is 0 Å². The lowest BCUT2D eigenvalue weighted by Gasteiger charge is -2.23. The van der Waals surface area contributed by atoms with E-state index in [1.807, 2.05) is 0 Å². The monoisotopic (exact) mass is 420 g/mol. The summed E-state index contributed by atoms with van der Waals surface area (Å²) < 4.78 is 68.1. The smallest absolute Gasteiger partial charge is 0.305 e. The quantitative estimate of drug-likeness (QED) is 0.584. The highest BCUT2D eigenvalue weighted by Gasteiger charge is 2.60. The van der Waals surface area contributed by atoms with Crippen LogP contribution in [0.1, 0.15) is 16.7 Å². The molecule has 0 unspecified atom stereocenters. The Hall–Kier alpha value is -3.61. The first-order chi connectivity index (χ1) is 14.2. The second-order valence-electron chi connectivity index (χ2n) is 6.29. The highest BCUT2D eigenvalue weighted by molar-refractivity contribution is 5.58. The van der Waals surface area contributed by atoms with E-state index in [1.165, 1.54) is 18.5 Å². The first kappa shape index (κ1) is 21.1. The molecule has 0 bridgehead atoms. The summed E-state index contributed by atoms with van der Waals surface area (Å²) in [6.45, 7) is -0.0682. The van der Waals surface area contributed by atoms with Gasteiger partial charge in [0.25, 0.3) is 5.56 Å². The van der Waals surface area contributed by atoms with E-state index >= 15 is 0 Å². The zero-order valence-electron chi connectivity index (χ0n) is 15.2. The number of hydrogen-bond donors (Lipinski definition) is 0. The predicted octanol–water partition coefficient (Wildman–Crippen LogP) is 4.07. The summed E-state index contributed by atoms with van der Waals surface area (Å²) in [7, 11) is 0. The molecule has 0 aliphatic rings. The van der Waals surface area contributed by atoms with Gasteiger partial charge < -0.3 is 4.57 Å². The first-order valence-corrected chi connectivity index (χ1v) is 8.60. The number of benzene rings is 1. The second-order valence-corrected chi connectivity index (χ2v) is 6.29. The summed E-state index contributed by atoms with van der Waals surface area (Å²) in [6.07, 6.45) is -2.09. The number of pyridine rings is 1. The number of nitrogens with zero attached hydrogens (tertiary/aromatic N) is 4. The average Bonchev–Trinajstić information content (AvgIpc) is 2.72. The van der Waals surface area contributed by atoms with Gasteiger partial charge in [-0.25, -0.2) is 0 Å². The van der Waals surface area contributed by atoms with Crippen LogP contribution in [0.2, 0.25) is 0 Å². The van der Waals surface area contributed by atoms with Crippen LogP contribution in [0.15, 0.2) is 59.8 Å². The van der Waals surface area contributed by atoms with Gasteiger partial charge in [0.05, 0.1) is 17.5 Å². The molecule has 0 aliphatic heterocycles. The molecule has 0 N–H and O–H groups in total. The van der Waals surface area contributed by atoms with Crippen molar-refractivity contribution in [3.05, 3.63) is 82.0 Å². The van der Waals surface area contributed by atoms with E-state index in [0.717, 1.165) is 16.3 Å². The lowest BCUT2D eigenvalue weighted by molar-refractivity contribution is -0.289. The van der Waals surface area contributed by atoms with Crippen LogP contribution in [0.25, 0.3) is 11.4 Å². The van der Waals surface area contributed by atoms with Gasteiger partial charge in [-0.1, -0.05) is 30.3 Å². The Bertz CT molecular complexity index is 1140. The molecule has 5 nitrogen and oxygen atoms in total. The lowest BCUT2D eigenvalue weighted by Crippen LogP contribution is -2.38. The molecule has 0 saturated heterocycles. The molecule has 30 heavy (non-hydrogen) atoms. The van der Waals surface area contributed by atoms with Crippen molar-refractivity contribution in [2.45, 2.75) is 25.1 Å². The summed E-state index contributed by atoms with van der Waals surface area (Å²) >= 11 is 0. The Labute approximate surface area is 167 Å². The van der Waals surface area contributed by atoms with Crippen molar-refractivity contribution in [3.63, 3.8) is 0 Å². The fourth-order valence-corrected chi connectivity index (χ4v) is 2.91. The third kappa shape index (κ3) is 3.91. The van der Waals surface area contributed by atoms with Gasteiger partial charge in [0.1, 0.15) is 17.3 Å². The molecule has 0 spiro atoms. The molecular formula is C20H13F5N4O. The number of halogens is 5. The summed E-state index contributed by atoms with van der Waals surface area (Å²) in [5.74, 6) is -5.40. The molecule has 2 aromatic heterocycles. The molecule has 0 saturated carbocycles. The average molecular weight is 420 g/mol. The maximum Gasteiger partial charge on any atom is 0.458 e. The normalized spacial score (nSPS) is 11.9. The number of rotatable bonds is 5. The molecular weight excluding hydrogens is 407 g/mol. The number of alkyl halides is 5. The Balaban J connectivity index is 2.23. The zero-order valence-corrected chi connectivity index (χ0v) is 15.2. The minimum Gasteiger partial charge on any atom is -0.305 e. The lowest BCUT2D eigenvalue weighted by atomic mass is 10.0. The van der Waals surface area contributed by atoms with Crippen molar-refractivity contribution in [1.82, 2.24) is 14.5 Å². The van der Waals surface area contributed by atoms with Crippen molar-refractivity contribution in [2.24, 2.45) is 0 Å². The largest absolute Gasteiger partial charge is 0.458 e. The van der Waals surface area contributed by atoms with Crippen molar-refractivity contribution in [2.75, 3.05) is 0 Å². The van der Waals surface area contributed by atoms with Crippen molar-refractivity contribution in [3.8, 4) is 17.5 Å². The van der Waals surface area contributed by atoms with E-state index in [1.54, 1.807) is 30.3 Å². The van der Waals surface area contributed by atoms with Crippen molar-refractivity contribution < 1.29 is 22.0 Å². The Kier molecular flexibility index (Phi) is 5.64. The standard InChI is InChI=1S/C20H13F5N4O/c21-19(22,20(23,24)25)15-10-17(16-12-27-7-8-28-16)29(18(30)14(15)11-26)9-6-13-4-2-1-3-5-13/h1-5,7-8,10,12H,6,9H2. The van der Waals surface area contributed by atoms with Crippen molar-refractivity contribution in [1.29, 1.82) is 5.26 Å². The maximum atomic E-state index is 14.1. The topological polar surface area (TPSA) is 71.6 Å². The number of hydrogen-bond acceptors (Lipinski definition) is 4. The third-order valence-corrected chi connectivity index (χ3v) is 4.40. The highest BCUT2D eigenvalue weighted by Crippen LogP contribution is 2.45. The summed E-state index contributed by atoms with van der Waals surface area (Å²) in [6, 6.07) is 10.5. The van der Waals surface area contributed by atoms with E-state index in [2.05, 4.69) is 9.97 Å². The van der Waals surface area contributed by atoms with Crippen LogP contribution >= 0.6 is 0 Å². The van der Waals surface area contributed by atoms with Gasteiger partial charge in [-0.05, 0) is 18.1 Å². The molecule has 0 atom stereocenters. The van der Waals surface area contributed by atoms with Crippen LogP contribution < -0.4 is 5.56 Å². The highest BCUT2D eigenvalue weighted by atomic mass is 19.4. The predicted molar refractivity (Wildman–Crippen MR) is 96.5 cm³/mol. The summed E-state index contributed by atoms with van der Waals surface area (Å²) in [5, 5.41) is 9.21.